The van der Waals surface area contributed by atoms with Gasteiger partial charge in [-0.3, -0.25) is 4.79 Å². The highest BCUT2D eigenvalue weighted by Gasteiger charge is 2.14. The van der Waals surface area contributed by atoms with Crippen LogP contribution in [0.5, 0.6) is 11.5 Å². The van der Waals surface area contributed by atoms with Crippen LogP contribution in [0.1, 0.15) is 16.7 Å². The van der Waals surface area contributed by atoms with E-state index in [0.717, 1.165) is 39.3 Å². The maximum Gasteiger partial charge on any atom is 0.248 e. The molecule has 0 radical (unpaired) electrons. The molecule has 0 saturated heterocycles. The van der Waals surface area contributed by atoms with Crippen molar-refractivity contribution in [3.63, 3.8) is 0 Å². The summed E-state index contributed by atoms with van der Waals surface area (Å²) in [6, 6.07) is 21.3. The van der Waals surface area contributed by atoms with Crippen molar-refractivity contribution >= 4 is 17.7 Å². The second-order valence-electron chi connectivity index (χ2n) is 7.85. The van der Waals surface area contributed by atoms with E-state index >= 15 is 0 Å². The summed E-state index contributed by atoms with van der Waals surface area (Å²) >= 11 is 0. The fraction of sp³-hybridized carbons (Fsp3) is 0.143. The zero-order chi connectivity index (χ0) is 24.1. The summed E-state index contributed by atoms with van der Waals surface area (Å²) in [5, 5.41) is 7.77. The van der Waals surface area contributed by atoms with Crippen LogP contribution in [0, 0.1) is 13.8 Å². The number of hydrogen-bond donors (Lipinski definition) is 1. The summed E-state index contributed by atoms with van der Waals surface area (Å²) in [6.07, 6.45) is 5.21. The topological polar surface area (TPSA) is 65.4 Å². The van der Waals surface area contributed by atoms with Crippen molar-refractivity contribution in [2.45, 2.75) is 13.8 Å². The number of aryl methyl sites for hydroxylation is 1. The molecule has 0 saturated carbocycles. The number of aromatic nitrogens is 2. The van der Waals surface area contributed by atoms with E-state index < -0.39 is 0 Å². The molecule has 0 aliphatic rings. The lowest BCUT2D eigenvalue weighted by Crippen LogP contribution is -2.09. The van der Waals surface area contributed by atoms with E-state index in [9.17, 15) is 4.79 Å². The van der Waals surface area contributed by atoms with E-state index in [2.05, 4.69) is 5.32 Å². The first kappa shape index (κ1) is 22.9. The minimum absolute atomic E-state index is 0.209. The van der Waals surface area contributed by atoms with Crippen LogP contribution in [-0.2, 0) is 4.79 Å². The number of amides is 1. The number of methoxy groups -OCH3 is 2. The quantitative estimate of drug-likeness (QED) is 0.358. The molecule has 0 fully saturated rings. The minimum Gasteiger partial charge on any atom is -0.493 e. The predicted molar refractivity (Wildman–Crippen MR) is 136 cm³/mol. The van der Waals surface area contributed by atoms with Crippen molar-refractivity contribution in [2.24, 2.45) is 0 Å². The third-order valence-electron chi connectivity index (χ3n) is 5.70. The van der Waals surface area contributed by atoms with Crippen LogP contribution in [0.3, 0.4) is 0 Å². The second-order valence-corrected chi connectivity index (χ2v) is 7.85. The van der Waals surface area contributed by atoms with Gasteiger partial charge >= 0.3 is 0 Å². The number of ether oxygens (including phenoxy) is 2. The van der Waals surface area contributed by atoms with Crippen LogP contribution in [0.2, 0.25) is 0 Å². The minimum atomic E-state index is -0.209. The van der Waals surface area contributed by atoms with Gasteiger partial charge in [0.1, 0.15) is 5.69 Å². The molecule has 0 aliphatic carbocycles. The molecule has 1 heterocycles. The Morgan fingerprint density at radius 2 is 1.71 bits per heavy atom. The molecule has 172 valence electrons. The normalized spacial score (nSPS) is 10.9. The van der Waals surface area contributed by atoms with Gasteiger partial charge in [-0.1, -0.05) is 30.3 Å². The number of benzene rings is 3. The van der Waals surface area contributed by atoms with Gasteiger partial charge < -0.3 is 14.8 Å². The highest BCUT2D eigenvalue weighted by molar-refractivity contribution is 6.02. The Labute approximate surface area is 199 Å². The molecule has 0 aliphatic heterocycles. The number of anilines is 1. The smallest absolute Gasteiger partial charge is 0.248 e. The molecule has 34 heavy (non-hydrogen) atoms. The lowest BCUT2D eigenvalue weighted by atomic mass is 10.1. The van der Waals surface area contributed by atoms with Gasteiger partial charge in [-0.15, -0.1) is 0 Å². The molecule has 4 aromatic rings. The Morgan fingerprint density at radius 1 is 0.941 bits per heavy atom. The van der Waals surface area contributed by atoms with Crippen molar-refractivity contribution in [2.75, 3.05) is 19.5 Å². The van der Waals surface area contributed by atoms with Gasteiger partial charge in [-0.05, 0) is 67.4 Å². The summed E-state index contributed by atoms with van der Waals surface area (Å²) < 4.78 is 12.6. The fourth-order valence-electron chi connectivity index (χ4n) is 3.66. The summed E-state index contributed by atoms with van der Waals surface area (Å²) in [6.45, 7) is 4.02. The predicted octanol–water partition coefficient (Wildman–Crippen LogP) is 5.83. The average molecular weight is 454 g/mol. The third-order valence-corrected chi connectivity index (χ3v) is 5.70. The molecule has 1 amide bonds. The number of para-hydroxylation sites is 1. The largest absolute Gasteiger partial charge is 0.493 e. The Kier molecular flexibility index (Phi) is 6.78. The van der Waals surface area contributed by atoms with E-state index in [1.54, 1.807) is 25.0 Å². The van der Waals surface area contributed by atoms with E-state index in [1.165, 1.54) is 6.08 Å². The van der Waals surface area contributed by atoms with E-state index in [4.69, 9.17) is 14.6 Å². The van der Waals surface area contributed by atoms with Crippen LogP contribution in [0.15, 0.2) is 79.0 Å². The Bertz CT molecular complexity index is 1340. The molecular formula is C28H27N3O3. The van der Waals surface area contributed by atoms with Gasteiger partial charge in [0, 0.05) is 29.1 Å². The first-order valence-corrected chi connectivity index (χ1v) is 10.9. The lowest BCUT2D eigenvalue weighted by molar-refractivity contribution is -0.111. The molecule has 1 aromatic heterocycles. The van der Waals surface area contributed by atoms with Crippen molar-refractivity contribution in [1.29, 1.82) is 0 Å². The van der Waals surface area contributed by atoms with Crippen molar-refractivity contribution in [1.82, 2.24) is 9.78 Å². The Morgan fingerprint density at radius 3 is 2.44 bits per heavy atom. The van der Waals surface area contributed by atoms with Crippen LogP contribution >= 0.6 is 0 Å². The van der Waals surface area contributed by atoms with Crippen molar-refractivity contribution < 1.29 is 14.3 Å². The molecule has 4 rings (SSSR count). The van der Waals surface area contributed by atoms with Gasteiger partial charge in [0.05, 0.1) is 19.9 Å². The number of rotatable bonds is 7. The van der Waals surface area contributed by atoms with Gasteiger partial charge in [0.15, 0.2) is 11.5 Å². The second kappa shape index (κ2) is 10.1. The van der Waals surface area contributed by atoms with Crippen molar-refractivity contribution in [3.05, 3.63) is 95.7 Å². The standard InChI is InChI=1S/C28H27N3O3/c1-19-9-8-12-24(20(19)2)29-27(32)16-14-22-18-31(23-10-6-5-7-11-23)30-28(22)21-13-15-25(33-3)26(17-21)34-4/h5-18H,1-4H3,(H,29,32)/b16-14+. The zero-order valence-electron chi connectivity index (χ0n) is 19.7. The summed E-state index contributed by atoms with van der Waals surface area (Å²) in [4.78, 5) is 12.7. The molecule has 0 atom stereocenters. The molecule has 3 aromatic carbocycles. The van der Waals surface area contributed by atoms with Gasteiger partial charge in [0.25, 0.3) is 0 Å². The Hall–Kier alpha value is -4.32. The maximum atomic E-state index is 12.7. The van der Waals surface area contributed by atoms with Crippen molar-refractivity contribution in [3.8, 4) is 28.4 Å². The van der Waals surface area contributed by atoms with E-state index in [0.29, 0.717) is 11.5 Å². The molecule has 1 N–H and O–H groups in total. The monoisotopic (exact) mass is 453 g/mol. The van der Waals surface area contributed by atoms with Gasteiger partial charge in [-0.25, -0.2) is 4.68 Å². The zero-order valence-corrected chi connectivity index (χ0v) is 19.7. The first-order chi connectivity index (χ1) is 16.5. The summed E-state index contributed by atoms with van der Waals surface area (Å²) in [5.41, 5.74) is 6.27. The molecule has 6 nitrogen and oxygen atoms in total. The number of carbonyl (C=O) groups excluding carboxylic acids is 1. The van der Waals surface area contributed by atoms with Gasteiger partial charge in [0.2, 0.25) is 5.91 Å². The molecule has 0 unspecified atom stereocenters. The van der Waals surface area contributed by atoms with Crippen LogP contribution in [0.4, 0.5) is 5.69 Å². The van der Waals surface area contributed by atoms with Gasteiger partial charge in [-0.2, -0.15) is 5.10 Å². The lowest BCUT2D eigenvalue weighted by Gasteiger charge is -2.09. The summed E-state index contributed by atoms with van der Waals surface area (Å²) in [7, 11) is 3.20. The number of nitrogens with one attached hydrogen (secondary N) is 1. The number of hydrogen-bond acceptors (Lipinski definition) is 4. The van der Waals surface area contributed by atoms with Crippen LogP contribution in [-0.4, -0.2) is 29.9 Å². The SMILES string of the molecule is COc1ccc(-c2nn(-c3ccccc3)cc2/C=C/C(=O)Nc2cccc(C)c2C)cc1OC. The summed E-state index contributed by atoms with van der Waals surface area (Å²) in [5.74, 6) is 1.04. The highest BCUT2D eigenvalue weighted by Crippen LogP contribution is 2.33. The molecular weight excluding hydrogens is 426 g/mol. The fourth-order valence-corrected chi connectivity index (χ4v) is 3.66. The third kappa shape index (κ3) is 4.86. The molecule has 6 heteroatoms. The first-order valence-electron chi connectivity index (χ1n) is 10.9. The average Bonchev–Trinajstić information content (AvgIpc) is 3.30. The molecule has 0 spiro atoms. The molecule has 0 bridgehead atoms. The highest BCUT2D eigenvalue weighted by atomic mass is 16.5. The van der Waals surface area contributed by atoms with E-state index in [-0.39, 0.29) is 5.91 Å². The Balaban J connectivity index is 1.70. The van der Waals surface area contributed by atoms with E-state index in [1.807, 2.05) is 86.8 Å². The number of nitrogens with zero attached hydrogens (tertiary/aromatic N) is 2. The van der Waals surface area contributed by atoms with Crippen LogP contribution in [0.25, 0.3) is 23.0 Å². The van der Waals surface area contributed by atoms with Crippen LogP contribution < -0.4 is 14.8 Å². The number of carbonyl (C=O) groups is 1. The maximum absolute atomic E-state index is 12.7.